The van der Waals surface area contributed by atoms with E-state index in [-0.39, 0.29) is 11.6 Å². The minimum absolute atomic E-state index is 0.243. The van der Waals surface area contributed by atoms with E-state index in [2.05, 4.69) is 30.6 Å². The molecule has 0 amide bonds. The highest BCUT2D eigenvalue weighted by Crippen LogP contribution is 2.20. The van der Waals surface area contributed by atoms with Gasteiger partial charge in [-0.3, -0.25) is 0 Å². The lowest BCUT2D eigenvalue weighted by atomic mass is 10.1. The van der Waals surface area contributed by atoms with E-state index in [0.717, 1.165) is 60.3 Å². The van der Waals surface area contributed by atoms with Gasteiger partial charge < -0.3 is 20.6 Å². The van der Waals surface area contributed by atoms with Crippen molar-refractivity contribution in [3.05, 3.63) is 72.6 Å². The van der Waals surface area contributed by atoms with Crippen molar-refractivity contribution in [1.82, 2.24) is 19.9 Å². The van der Waals surface area contributed by atoms with E-state index in [1.54, 1.807) is 36.7 Å². The minimum atomic E-state index is -0.243. The van der Waals surface area contributed by atoms with Crippen LogP contribution in [0.15, 0.2) is 60.9 Å². The van der Waals surface area contributed by atoms with Gasteiger partial charge in [0.1, 0.15) is 11.6 Å². The maximum absolute atomic E-state index is 13.0. The Morgan fingerprint density at radius 1 is 0.559 bits per heavy atom. The molecule has 8 heteroatoms. The molecule has 0 saturated carbocycles. The van der Waals surface area contributed by atoms with Crippen molar-refractivity contribution < 1.29 is 8.78 Å². The van der Waals surface area contributed by atoms with Crippen molar-refractivity contribution in [2.45, 2.75) is 38.5 Å². The Morgan fingerprint density at radius 2 is 0.941 bits per heavy atom. The molecule has 4 aromatic rings. The van der Waals surface area contributed by atoms with E-state index in [9.17, 15) is 8.78 Å². The Kier molecular flexibility index (Phi) is 8.27. The third kappa shape index (κ3) is 6.91. The summed E-state index contributed by atoms with van der Waals surface area (Å²) in [5, 5.41) is 6.62. The van der Waals surface area contributed by atoms with Crippen molar-refractivity contribution in [1.29, 1.82) is 0 Å². The van der Waals surface area contributed by atoms with Gasteiger partial charge in [-0.25, -0.2) is 18.7 Å². The highest BCUT2D eigenvalue weighted by molar-refractivity contribution is 5.61. The number of aromatic nitrogens is 4. The third-order valence-corrected chi connectivity index (χ3v) is 5.65. The van der Waals surface area contributed by atoms with E-state index in [4.69, 9.17) is 0 Å². The lowest BCUT2D eigenvalue weighted by Crippen LogP contribution is -2.03. The van der Waals surface area contributed by atoms with Crippen LogP contribution in [0.1, 0.15) is 38.5 Å². The number of aromatic amines is 2. The molecule has 0 aliphatic rings. The number of hydrogen-bond acceptors (Lipinski definition) is 4. The van der Waals surface area contributed by atoms with Crippen LogP contribution in [-0.4, -0.2) is 33.0 Å². The molecule has 0 radical (unpaired) electrons. The molecule has 0 bridgehead atoms. The van der Waals surface area contributed by atoms with E-state index < -0.39 is 0 Å². The minimum Gasteiger partial charge on any atom is -0.356 e. The lowest BCUT2D eigenvalue weighted by molar-refractivity contribution is 0.609. The first kappa shape index (κ1) is 23.5. The number of unbranched alkanes of at least 4 members (excludes halogenated alkanes) is 5. The third-order valence-electron chi connectivity index (χ3n) is 5.65. The zero-order chi connectivity index (χ0) is 23.6. The summed E-state index contributed by atoms with van der Waals surface area (Å²) in [4.78, 5) is 15.1. The van der Waals surface area contributed by atoms with Crippen molar-refractivity contribution >= 4 is 11.9 Å². The van der Waals surface area contributed by atoms with Gasteiger partial charge in [-0.1, -0.05) is 25.7 Å². The summed E-state index contributed by atoms with van der Waals surface area (Å²) in [6.07, 6.45) is 10.4. The van der Waals surface area contributed by atoms with Crippen molar-refractivity contribution in [2.75, 3.05) is 23.7 Å². The largest absolute Gasteiger partial charge is 0.356 e. The highest BCUT2D eigenvalue weighted by atomic mass is 19.1. The van der Waals surface area contributed by atoms with E-state index in [1.807, 2.05) is 0 Å². The summed E-state index contributed by atoms with van der Waals surface area (Å²) in [5.41, 5.74) is 3.57. The Bertz CT molecular complexity index is 1040. The van der Waals surface area contributed by atoms with E-state index in [1.165, 1.54) is 49.9 Å². The summed E-state index contributed by atoms with van der Waals surface area (Å²) in [5.74, 6) is 0.997. The molecule has 0 aliphatic carbocycles. The summed E-state index contributed by atoms with van der Waals surface area (Å²) in [7, 11) is 0. The fourth-order valence-electron chi connectivity index (χ4n) is 3.75. The van der Waals surface area contributed by atoms with Gasteiger partial charge in [0.15, 0.2) is 0 Å². The van der Waals surface area contributed by atoms with Crippen LogP contribution in [0.4, 0.5) is 20.7 Å². The summed E-state index contributed by atoms with van der Waals surface area (Å²) >= 11 is 0. The maximum Gasteiger partial charge on any atom is 0.200 e. The second-order valence-corrected chi connectivity index (χ2v) is 8.28. The van der Waals surface area contributed by atoms with Crippen LogP contribution in [0.25, 0.3) is 22.5 Å². The molecule has 2 heterocycles. The van der Waals surface area contributed by atoms with Crippen molar-refractivity contribution in [3.8, 4) is 22.5 Å². The molecule has 4 rings (SSSR count). The Morgan fingerprint density at radius 3 is 1.35 bits per heavy atom. The van der Waals surface area contributed by atoms with Gasteiger partial charge in [0.05, 0.1) is 23.8 Å². The average Bonchev–Trinajstić information content (AvgIpc) is 3.51. The second kappa shape index (κ2) is 12.0. The molecule has 0 fully saturated rings. The molecule has 178 valence electrons. The maximum atomic E-state index is 13.0. The second-order valence-electron chi connectivity index (χ2n) is 8.28. The zero-order valence-electron chi connectivity index (χ0n) is 19.1. The molecule has 0 atom stereocenters. The number of nitrogens with zero attached hydrogens (tertiary/aromatic N) is 2. The van der Waals surface area contributed by atoms with Gasteiger partial charge in [-0.2, -0.15) is 0 Å². The first-order valence-electron chi connectivity index (χ1n) is 11.8. The number of anilines is 2. The number of benzene rings is 2. The molecular weight excluding hydrogens is 434 g/mol. The molecule has 34 heavy (non-hydrogen) atoms. The van der Waals surface area contributed by atoms with Gasteiger partial charge in [0, 0.05) is 13.1 Å². The van der Waals surface area contributed by atoms with Crippen LogP contribution in [-0.2, 0) is 0 Å². The van der Waals surface area contributed by atoms with Crippen LogP contribution in [0.3, 0.4) is 0 Å². The number of halogens is 2. The number of imidazole rings is 2. The molecule has 2 aromatic heterocycles. The van der Waals surface area contributed by atoms with Crippen molar-refractivity contribution in [3.63, 3.8) is 0 Å². The molecular formula is C26H30F2N6. The Hall–Kier alpha value is -3.68. The predicted molar refractivity (Wildman–Crippen MR) is 133 cm³/mol. The first-order valence-corrected chi connectivity index (χ1v) is 11.8. The topological polar surface area (TPSA) is 81.4 Å². The molecule has 6 nitrogen and oxygen atoms in total. The van der Waals surface area contributed by atoms with E-state index >= 15 is 0 Å². The summed E-state index contributed by atoms with van der Waals surface area (Å²) in [6.45, 7) is 1.74. The van der Waals surface area contributed by atoms with Crippen LogP contribution < -0.4 is 10.6 Å². The normalized spacial score (nSPS) is 11.0. The van der Waals surface area contributed by atoms with Crippen molar-refractivity contribution in [2.24, 2.45) is 0 Å². The van der Waals surface area contributed by atoms with Gasteiger partial charge >= 0.3 is 0 Å². The summed E-state index contributed by atoms with van der Waals surface area (Å²) < 4.78 is 26.1. The zero-order valence-corrected chi connectivity index (χ0v) is 19.1. The quantitative estimate of drug-likeness (QED) is 0.168. The van der Waals surface area contributed by atoms with Gasteiger partial charge in [0.25, 0.3) is 0 Å². The lowest BCUT2D eigenvalue weighted by Gasteiger charge is -2.05. The number of nitrogens with one attached hydrogen (secondary N) is 4. The predicted octanol–water partition coefficient (Wildman–Crippen LogP) is 6.61. The molecule has 4 N–H and O–H groups in total. The molecule has 0 spiro atoms. The number of hydrogen-bond donors (Lipinski definition) is 4. The SMILES string of the molecule is Fc1ccc(-c2cnc(NCCCCCCCCNc3ncc(-c4ccc(F)cc4)[nH]3)[nH]2)cc1. The van der Waals surface area contributed by atoms with Crippen LogP contribution in [0.5, 0.6) is 0 Å². The Labute approximate surface area is 198 Å². The first-order chi connectivity index (χ1) is 16.7. The highest BCUT2D eigenvalue weighted by Gasteiger charge is 2.04. The smallest absolute Gasteiger partial charge is 0.200 e. The number of rotatable bonds is 13. The van der Waals surface area contributed by atoms with Gasteiger partial charge in [-0.15, -0.1) is 0 Å². The Balaban J connectivity index is 1.03. The van der Waals surface area contributed by atoms with Crippen LogP contribution in [0, 0.1) is 11.6 Å². The molecule has 0 aliphatic heterocycles. The molecule has 0 saturated heterocycles. The monoisotopic (exact) mass is 464 g/mol. The molecule has 2 aromatic carbocycles. The number of H-pyrrole nitrogens is 2. The standard InChI is InChI=1S/C26H30F2N6/c27-21-11-7-19(8-12-21)23-17-31-25(33-23)29-15-5-3-1-2-4-6-16-30-26-32-18-24(34-26)20-9-13-22(28)14-10-20/h7-14,17-18H,1-6,15-16H2,(H2,29,31,33)(H2,30,32,34). The van der Waals surface area contributed by atoms with Crippen LogP contribution >= 0.6 is 0 Å². The fraction of sp³-hybridized carbons (Fsp3) is 0.308. The van der Waals surface area contributed by atoms with Gasteiger partial charge in [-0.05, 0) is 72.5 Å². The van der Waals surface area contributed by atoms with E-state index in [0.29, 0.717) is 0 Å². The van der Waals surface area contributed by atoms with Gasteiger partial charge in [0.2, 0.25) is 11.9 Å². The van der Waals surface area contributed by atoms with Crippen LogP contribution in [0.2, 0.25) is 0 Å². The molecule has 0 unspecified atom stereocenters. The average molecular weight is 465 g/mol. The fourth-order valence-corrected chi connectivity index (χ4v) is 3.75. The summed E-state index contributed by atoms with van der Waals surface area (Å²) in [6, 6.07) is 12.7.